The van der Waals surface area contributed by atoms with Crippen LogP contribution < -0.4 is 0 Å². The lowest BCUT2D eigenvalue weighted by molar-refractivity contribution is -0.142. The molecule has 0 radical (unpaired) electrons. The molecule has 0 aromatic heterocycles. The van der Waals surface area contributed by atoms with Crippen LogP contribution in [-0.2, 0) is 28.5 Å². The first-order chi connectivity index (χ1) is 11.8. The number of hydrogen-bond donors (Lipinski definition) is 1. The molecule has 0 spiro atoms. The molecule has 0 rings (SSSR count). The fraction of sp³-hybridized carbons (Fsp3) is 0.938. The lowest BCUT2D eigenvalue weighted by Crippen LogP contribution is -2.14. The van der Waals surface area contributed by atoms with Gasteiger partial charge in [-0.2, -0.15) is 0 Å². The number of carboxylic acids is 1. The molecule has 144 valence electrons. The Hall–Kier alpha value is -0.440. The SMILES string of the molecule is O=C(O)COCCOCCOCCOCCOCCCCCCCl. The largest absolute Gasteiger partial charge is 0.480 e. The van der Waals surface area contributed by atoms with E-state index in [-0.39, 0.29) is 13.2 Å². The molecule has 0 bridgehead atoms. The molecule has 0 saturated heterocycles. The summed E-state index contributed by atoms with van der Waals surface area (Å²) in [5, 5.41) is 8.35. The van der Waals surface area contributed by atoms with E-state index in [0.717, 1.165) is 31.7 Å². The Morgan fingerprint density at radius 1 is 0.625 bits per heavy atom. The quantitative estimate of drug-likeness (QED) is 0.259. The molecule has 1 N–H and O–H groups in total. The topological polar surface area (TPSA) is 83.5 Å². The number of unbranched alkanes of at least 4 members (excludes halogenated alkanes) is 3. The second-order valence-electron chi connectivity index (χ2n) is 5.00. The zero-order valence-corrected chi connectivity index (χ0v) is 15.1. The van der Waals surface area contributed by atoms with Crippen LogP contribution in [0, 0.1) is 0 Å². The van der Waals surface area contributed by atoms with E-state index < -0.39 is 5.97 Å². The minimum absolute atomic E-state index is 0.266. The Balaban J connectivity index is 2.97. The smallest absolute Gasteiger partial charge is 0.329 e. The lowest BCUT2D eigenvalue weighted by Gasteiger charge is -2.07. The zero-order valence-electron chi connectivity index (χ0n) is 14.4. The molecule has 0 atom stereocenters. The number of halogens is 1. The van der Waals surface area contributed by atoms with Gasteiger partial charge in [-0.15, -0.1) is 11.6 Å². The monoisotopic (exact) mass is 370 g/mol. The van der Waals surface area contributed by atoms with Gasteiger partial charge in [-0.05, 0) is 12.8 Å². The average Bonchev–Trinajstić information content (AvgIpc) is 2.56. The maximum atomic E-state index is 10.2. The Labute approximate surface area is 149 Å². The van der Waals surface area contributed by atoms with Crippen molar-refractivity contribution in [2.75, 3.05) is 71.9 Å². The van der Waals surface area contributed by atoms with Crippen molar-refractivity contribution in [3.8, 4) is 0 Å². The van der Waals surface area contributed by atoms with Crippen molar-refractivity contribution in [1.82, 2.24) is 0 Å². The summed E-state index contributed by atoms with van der Waals surface area (Å²) in [5.74, 6) is -0.240. The molecule has 0 fully saturated rings. The molecule has 0 aromatic carbocycles. The number of rotatable bonds is 20. The molecular weight excluding hydrogens is 340 g/mol. The normalized spacial score (nSPS) is 11.0. The molecular formula is C16H31ClO7. The van der Waals surface area contributed by atoms with Gasteiger partial charge in [0, 0.05) is 12.5 Å². The lowest BCUT2D eigenvalue weighted by atomic mass is 10.2. The van der Waals surface area contributed by atoms with E-state index in [2.05, 4.69) is 0 Å². The first kappa shape index (κ1) is 23.6. The third kappa shape index (κ3) is 21.6. The summed E-state index contributed by atoms with van der Waals surface area (Å²) in [6, 6.07) is 0. The van der Waals surface area contributed by atoms with Crippen molar-refractivity contribution in [3.05, 3.63) is 0 Å². The fourth-order valence-electron chi connectivity index (χ4n) is 1.69. The summed E-state index contributed by atoms with van der Waals surface area (Å²) in [5.41, 5.74) is 0. The molecule has 0 unspecified atom stereocenters. The number of ether oxygens (including phenoxy) is 5. The van der Waals surface area contributed by atoms with E-state index in [1.807, 2.05) is 0 Å². The van der Waals surface area contributed by atoms with Gasteiger partial charge in [-0.25, -0.2) is 4.79 Å². The molecule has 24 heavy (non-hydrogen) atoms. The molecule has 0 aliphatic carbocycles. The van der Waals surface area contributed by atoms with Gasteiger partial charge in [0.2, 0.25) is 0 Å². The Morgan fingerprint density at radius 2 is 1.04 bits per heavy atom. The molecule has 0 amide bonds. The van der Waals surface area contributed by atoms with E-state index in [0.29, 0.717) is 46.2 Å². The highest BCUT2D eigenvalue weighted by atomic mass is 35.5. The van der Waals surface area contributed by atoms with E-state index in [4.69, 9.17) is 40.4 Å². The summed E-state index contributed by atoms with van der Waals surface area (Å²) in [4.78, 5) is 10.2. The third-order valence-electron chi connectivity index (χ3n) is 2.89. The zero-order chi connectivity index (χ0) is 17.7. The number of hydrogen-bond acceptors (Lipinski definition) is 6. The van der Waals surface area contributed by atoms with Crippen molar-refractivity contribution in [2.45, 2.75) is 25.7 Å². The van der Waals surface area contributed by atoms with E-state index >= 15 is 0 Å². The standard InChI is InChI=1S/C16H31ClO7/c17-5-3-1-2-4-6-20-7-8-21-9-10-22-11-12-23-13-14-24-15-16(18)19/h1-15H2,(H,18,19). The number of aliphatic carboxylic acids is 1. The van der Waals surface area contributed by atoms with Crippen LogP contribution in [0.5, 0.6) is 0 Å². The van der Waals surface area contributed by atoms with Gasteiger partial charge in [-0.3, -0.25) is 0 Å². The molecule has 0 aliphatic rings. The Morgan fingerprint density at radius 3 is 1.50 bits per heavy atom. The van der Waals surface area contributed by atoms with Gasteiger partial charge in [0.1, 0.15) is 6.61 Å². The first-order valence-corrected chi connectivity index (χ1v) is 8.97. The van der Waals surface area contributed by atoms with Crippen LogP contribution >= 0.6 is 11.6 Å². The summed E-state index contributed by atoms with van der Waals surface area (Å²) >= 11 is 5.60. The van der Waals surface area contributed by atoms with Crippen molar-refractivity contribution in [2.24, 2.45) is 0 Å². The van der Waals surface area contributed by atoms with Gasteiger partial charge in [0.15, 0.2) is 0 Å². The number of carboxylic acid groups (broad SMARTS) is 1. The molecule has 0 aromatic rings. The van der Waals surface area contributed by atoms with E-state index in [1.165, 1.54) is 6.42 Å². The highest BCUT2D eigenvalue weighted by molar-refractivity contribution is 6.17. The number of carbonyl (C=O) groups is 1. The molecule has 0 saturated carbocycles. The van der Waals surface area contributed by atoms with Gasteiger partial charge >= 0.3 is 5.97 Å². The average molecular weight is 371 g/mol. The summed E-state index contributed by atoms with van der Waals surface area (Å²) < 4.78 is 26.2. The van der Waals surface area contributed by atoms with Gasteiger partial charge in [0.05, 0.1) is 52.9 Å². The summed E-state index contributed by atoms with van der Waals surface area (Å²) in [7, 11) is 0. The Kier molecular flexibility index (Phi) is 20.2. The van der Waals surface area contributed by atoms with Crippen molar-refractivity contribution >= 4 is 17.6 Å². The Bertz CT molecular complexity index is 267. The molecule has 8 heteroatoms. The number of alkyl halides is 1. The minimum atomic E-state index is -0.981. The van der Waals surface area contributed by atoms with Crippen molar-refractivity contribution in [3.63, 3.8) is 0 Å². The molecule has 0 aliphatic heterocycles. The van der Waals surface area contributed by atoms with E-state index in [1.54, 1.807) is 0 Å². The van der Waals surface area contributed by atoms with Crippen LogP contribution in [0.2, 0.25) is 0 Å². The highest BCUT2D eigenvalue weighted by Crippen LogP contribution is 2.00. The predicted octanol–water partition coefficient (Wildman–Crippen LogP) is 1.95. The summed E-state index contributed by atoms with van der Waals surface area (Å²) in [6.45, 7) is 4.24. The first-order valence-electron chi connectivity index (χ1n) is 8.44. The molecule has 0 heterocycles. The minimum Gasteiger partial charge on any atom is -0.480 e. The van der Waals surface area contributed by atoms with Crippen LogP contribution in [-0.4, -0.2) is 83.0 Å². The maximum absolute atomic E-state index is 10.2. The van der Waals surface area contributed by atoms with Crippen LogP contribution in [0.4, 0.5) is 0 Å². The van der Waals surface area contributed by atoms with Gasteiger partial charge in [-0.1, -0.05) is 12.8 Å². The third-order valence-corrected chi connectivity index (χ3v) is 3.15. The predicted molar refractivity (Wildman–Crippen MR) is 90.9 cm³/mol. The van der Waals surface area contributed by atoms with Crippen molar-refractivity contribution in [1.29, 1.82) is 0 Å². The highest BCUT2D eigenvalue weighted by Gasteiger charge is 1.96. The maximum Gasteiger partial charge on any atom is 0.329 e. The summed E-state index contributed by atoms with van der Waals surface area (Å²) in [6.07, 6.45) is 4.48. The second kappa shape index (κ2) is 20.6. The fourth-order valence-corrected chi connectivity index (χ4v) is 1.88. The van der Waals surface area contributed by atoms with Gasteiger partial charge < -0.3 is 28.8 Å². The van der Waals surface area contributed by atoms with Crippen LogP contribution in [0.3, 0.4) is 0 Å². The van der Waals surface area contributed by atoms with E-state index in [9.17, 15) is 4.79 Å². The van der Waals surface area contributed by atoms with Crippen LogP contribution in [0.15, 0.2) is 0 Å². The van der Waals surface area contributed by atoms with Crippen LogP contribution in [0.1, 0.15) is 25.7 Å². The van der Waals surface area contributed by atoms with Crippen molar-refractivity contribution < 1.29 is 33.6 Å². The van der Waals surface area contributed by atoms with Gasteiger partial charge in [0.25, 0.3) is 0 Å². The van der Waals surface area contributed by atoms with Crippen LogP contribution in [0.25, 0.3) is 0 Å². The molecule has 7 nitrogen and oxygen atoms in total. The second-order valence-corrected chi connectivity index (χ2v) is 5.38.